The van der Waals surface area contributed by atoms with E-state index in [1.54, 1.807) is 0 Å². The summed E-state index contributed by atoms with van der Waals surface area (Å²) in [6, 6.07) is 8.30. The fourth-order valence-electron chi connectivity index (χ4n) is 2.70. The van der Waals surface area contributed by atoms with Crippen molar-refractivity contribution in [2.24, 2.45) is 5.92 Å². The first-order valence-corrected chi connectivity index (χ1v) is 7.90. The zero-order chi connectivity index (χ0) is 14.2. The summed E-state index contributed by atoms with van der Waals surface area (Å²) >= 11 is 0. The van der Waals surface area contributed by atoms with Gasteiger partial charge in [-0.2, -0.15) is 0 Å². The maximum atomic E-state index is 9.77. The molecule has 0 heterocycles. The van der Waals surface area contributed by atoms with Crippen LogP contribution < -0.4 is 10.1 Å². The van der Waals surface area contributed by atoms with Crippen molar-refractivity contribution in [3.63, 3.8) is 0 Å². The van der Waals surface area contributed by atoms with Gasteiger partial charge in [0, 0.05) is 13.1 Å². The van der Waals surface area contributed by atoms with Crippen molar-refractivity contribution in [2.75, 3.05) is 13.2 Å². The average Bonchev–Trinajstić information content (AvgIpc) is 2.87. The lowest BCUT2D eigenvalue weighted by Gasteiger charge is -2.15. The van der Waals surface area contributed by atoms with Crippen molar-refractivity contribution in [1.82, 2.24) is 5.32 Å². The summed E-state index contributed by atoms with van der Waals surface area (Å²) in [6.45, 7) is 4.74. The summed E-state index contributed by atoms with van der Waals surface area (Å²) in [7, 11) is 0. The van der Waals surface area contributed by atoms with Gasteiger partial charge in [0.2, 0.25) is 0 Å². The minimum absolute atomic E-state index is 0.100. The molecule has 112 valence electrons. The Morgan fingerprint density at radius 3 is 2.70 bits per heavy atom. The molecule has 2 unspecified atom stereocenters. The Labute approximate surface area is 122 Å². The number of hydrogen-bond acceptors (Lipinski definition) is 3. The third-order valence-electron chi connectivity index (χ3n) is 4.04. The van der Waals surface area contributed by atoms with Gasteiger partial charge < -0.3 is 15.2 Å². The summed E-state index contributed by atoms with van der Waals surface area (Å²) in [4.78, 5) is 0. The van der Waals surface area contributed by atoms with Crippen LogP contribution in [-0.2, 0) is 6.54 Å². The van der Waals surface area contributed by atoms with Crippen LogP contribution in [-0.4, -0.2) is 24.4 Å². The molecule has 1 aliphatic rings. The van der Waals surface area contributed by atoms with E-state index in [0.29, 0.717) is 5.92 Å². The molecule has 0 bridgehead atoms. The average molecular weight is 277 g/mol. The van der Waals surface area contributed by atoms with Gasteiger partial charge in [0.05, 0.1) is 12.7 Å². The first-order valence-electron chi connectivity index (χ1n) is 7.90. The van der Waals surface area contributed by atoms with E-state index in [1.165, 1.54) is 5.56 Å². The van der Waals surface area contributed by atoms with Crippen LogP contribution >= 0.6 is 0 Å². The summed E-state index contributed by atoms with van der Waals surface area (Å²) in [5, 5.41) is 13.2. The Morgan fingerprint density at radius 1 is 1.25 bits per heavy atom. The smallest absolute Gasteiger partial charge is 0.119 e. The van der Waals surface area contributed by atoms with Crippen molar-refractivity contribution < 1.29 is 9.84 Å². The quantitative estimate of drug-likeness (QED) is 0.717. The summed E-state index contributed by atoms with van der Waals surface area (Å²) < 4.78 is 5.65. The van der Waals surface area contributed by atoms with E-state index in [2.05, 4.69) is 24.4 Å². The Morgan fingerprint density at radius 2 is 2.05 bits per heavy atom. The SMILES string of the molecule is CCCCOc1ccc(CNCC2CCCC2O)cc1. The fourth-order valence-corrected chi connectivity index (χ4v) is 2.70. The Bertz CT molecular complexity index is 377. The van der Waals surface area contributed by atoms with Gasteiger partial charge in [-0.1, -0.05) is 31.9 Å². The van der Waals surface area contributed by atoms with Crippen LogP contribution in [0.25, 0.3) is 0 Å². The molecule has 3 heteroatoms. The molecule has 2 atom stereocenters. The van der Waals surface area contributed by atoms with E-state index in [1.807, 2.05) is 12.1 Å². The van der Waals surface area contributed by atoms with Gasteiger partial charge in [0.1, 0.15) is 5.75 Å². The number of rotatable bonds is 8. The monoisotopic (exact) mass is 277 g/mol. The molecule has 20 heavy (non-hydrogen) atoms. The number of aliphatic hydroxyl groups is 1. The van der Waals surface area contributed by atoms with E-state index in [-0.39, 0.29) is 6.10 Å². The predicted octanol–water partition coefficient (Wildman–Crippen LogP) is 3.12. The number of unbranched alkanes of at least 4 members (excludes halogenated alkanes) is 1. The van der Waals surface area contributed by atoms with E-state index >= 15 is 0 Å². The lowest BCUT2D eigenvalue weighted by molar-refractivity contribution is 0.131. The summed E-state index contributed by atoms with van der Waals surface area (Å²) in [5.74, 6) is 1.39. The highest BCUT2D eigenvalue weighted by molar-refractivity contribution is 5.27. The first kappa shape index (κ1) is 15.3. The number of ether oxygens (including phenoxy) is 1. The van der Waals surface area contributed by atoms with Gasteiger partial charge in [-0.25, -0.2) is 0 Å². The third kappa shape index (κ3) is 4.80. The van der Waals surface area contributed by atoms with Crippen molar-refractivity contribution in [3.05, 3.63) is 29.8 Å². The first-order chi connectivity index (χ1) is 9.79. The zero-order valence-corrected chi connectivity index (χ0v) is 12.5. The standard InChI is InChI=1S/C17H27NO2/c1-2-3-11-20-16-9-7-14(8-10-16)12-18-13-15-5-4-6-17(15)19/h7-10,15,17-19H,2-6,11-13H2,1H3. The molecule has 0 radical (unpaired) electrons. The molecule has 3 nitrogen and oxygen atoms in total. The summed E-state index contributed by atoms with van der Waals surface area (Å²) in [5.41, 5.74) is 1.26. The number of benzene rings is 1. The predicted molar refractivity (Wildman–Crippen MR) is 81.9 cm³/mol. The van der Waals surface area contributed by atoms with Gasteiger partial charge in [0.15, 0.2) is 0 Å². The molecule has 1 saturated carbocycles. The van der Waals surface area contributed by atoms with E-state index in [9.17, 15) is 5.11 Å². The lowest BCUT2D eigenvalue weighted by atomic mass is 10.1. The molecule has 0 amide bonds. The molecular formula is C17H27NO2. The normalized spacial score (nSPS) is 22.1. The second-order valence-electron chi connectivity index (χ2n) is 5.74. The van der Waals surface area contributed by atoms with Crippen LogP contribution in [0.2, 0.25) is 0 Å². The molecule has 0 spiro atoms. The molecule has 0 aliphatic heterocycles. The molecule has 1 aliphatic carbocycles. The van der Waals surface area contributed by atoms with Gasteiger partial charge in [-0.15, -0.1) is 0 Å². The van der Waals surface area contributed by atoms with Crippen molar-refractivity contribution >= 4 is 0 Å². The van der Waals surface area contributed by atoms with Gasteiger partial charge in [0.25, 0.3) is 0 Å². The second kappa shape index (κ2) is 8.28. The molecule has 2 N–H and O–H groups in total. The van der Waals surface area contributed by atoms with Crippen LogP contribution in [0, 0.1) is 5.92 Å². The molecular weight excluding hydrogens is 250 g/mol. The highest BCUT2D eigenvalue weighted by atomic mass is 16.5. The maximum Gasteiger partial charge on any atom is 0.119 e. The second-order valence-corrected chi connectivity index (χ2v) is 5.74. The van der Waals surface area contributed by atoms with Crippen LogP contribution in [0.5, 0.6) is 5.75 Å². The maximum absolute atomic E-state index is 9.77. The number of nitrogens with one attached hydrogen (secondary N) is 1. The Kier molecular flexibility index (Phi) is 6.34. The summed E-state index contributed by atoms with van der Waals surface area (Å²) in [6.07, 6.45) is 5.45. The third-order valence-corrected chi connectivity index (χ3v) is 4.04. The molecule has 1 aromatic rings. The van der Waals surface area contributed by atoms with E-state index in [0.717, 1.165) is 57.6 Å². The Hall–Kier alpha value is -1.06. The zero-order valence-electron chi connectivity index (χ0n) is 12.5. The van der Waals surface area contributed by atoms with Crippen LogP contribution in [0.4, 0.5) is 0 Å². The fraction of sp³-hybridized carbons (Fsp3) is 0.647. The number of aliphatic hydroxyl groups excluding tert-OH is 1. The Balaban J connectivity index is 1.68. The molecule has 0 saturated heterocycles. The van der Waals surface area contributed by atoms with Gasteiger partial charge >= 0.3 is 0 Å². The van der Waals surface area contributed by atoms with Gasteiger partial charge in [-0.05, 0) is 42.9 Å². The van der Waals surface area contributed by atoms with Crippen molar-refractivity contribution in [2.45, 2.75) is 51.7 Å². The van der Waals surface area contributed by atoms with E-state index < -0.39 is 0 Å². The topological polar surface area (TPSA) is 41.5 Å². The van der Waals surface area contributed by atoms with Crippen LogP contribution in [0.3, 0.4) is 0 Å². The molecule has 0 aromatic heterocycles. The molecule has 1 aromatic carbocycles. The minimum atomic E-state index is -0.100. The lowest BCUT2D eigenvalue weighted by Crippen LogP contribution is -2.27. The largest absolute Gasteiger partial charge is 0.494 e. The molecule has 1 fully saturated rings. The minimum Gasteiger partial charge on any atom is -0.494 e. The highest BCUT2D eigenvalue weighted by Crippen LogP contribution is 2.24. The van der Waals surface area contributed by atoms with Crippen LogP contribution in [0.1, 0.15) is 44.6 Å². The number of hydrogen-bond donors (Lipinski definition) is 2. The van der Waals surface area contributed by atoms with Crippen molar-refractivity contribution in [3.8, 4) is 5.75 Å². The van der Waals surface area contributed by atoms with Crippen molar-refractivity contribution in [1.29, 1.82) is 0 Å². The highest BCUT2D eigenvalue weighted by Gasteiger charge is 2.24. The van der Waals surface area contributed by atoms with Gasteiger partial charge in [-0.3, -0.25) is 0 Å². The van der Waals surface area contributed by atoms with E-state index in [4.69, 9.17) is 4.74 Å². The molecule has 2 rings (SSSR count). The van der Waals surface area contributed by atoms with Crippen LogP contribution in [0.15, 0.2) is 24.3 Å².